The van der Waals surface area contributed by atoms with Gasteiger partial charge in [-0.25, -0.2) is 0 Å². The van der Waals surface area contributed by atoms with Gasteiger partial charge in [-0.15, -0.1) is 0 Å². The van der Waals surface area contributed by atoms with Crippen molar-refractivity contribution in [2.45, 2.75) is 39.7 Å². The van der Waals surface area contributed by atoms with E-state index < -0.39 is 0 Å². The van der Waals surface area contributed by atoms with Crippen LogP contribution in [-0.4, -0.2) is 39.4 Å². The lowest BCUT2D eigenvalue weighted by molar-refractivity contribution is -0.118. The maximum absolute atomic E-state index is 12.2. The summed E-state index contributed by atoms with van der Waals surface area (Å²) in [5.74, 6) is 0.858. The van der Waals surface area contributed by atoms with Crippen LogP contribution in [0.3, 0.4) is 0 Å². The van der Waals surface area contributed by atoms with E-state index in [0.717, 1.165) is 60.3 Å². The van der Waals surface area contributed by atoms with Crippen molar-refractivity contribution >= 4 is 27.5 Å². The standard InChI is InChI=1S/C24H33BrN2O4/c1-4-5-12-30-13-6-11-26-16-19-14-21(25)24(22(15-19)29-3)31-17-23(28)27-20-9-7-18(2)8-10-20/h7-10,14-15,26H,4-6,11-13,16-17H2,1-3H3,(H,27,28). The number of amides is 1. The number of rotatable bonds is 14. The Kier molecular flexibility index (Phi) is 11.4. The molecule has 0 radical (unpaired) electrons. The van der Waals surface area contributed by atoms with Crippen molar-refractivity contribution in [3.63, 3.8) is 0 Å². The second kappa shape index (κ2) is 14.1. The van der Waals surface area contributed by atoms with Gasteiger partial charge in [0.25, 0.3) is 5.91 Å². The average Bonchev–Trinajstić information content (AvgIpc) is 2.76. The van der Waals surface area contributed by atoms with Crippen molar-refractivity contribution in [3.8, 4) is 11.5 Å². The van der Waals surface area contributed by atoms with E-state index in [1.165, 1.54) is 0 Å². The number of ether oxygens (including phenoxy) is 3. The first-order chi connectivity index (χ1) is 15.0. The Morgan fingerprint density at radius 2 is 1.84 bits per heavy atom. The SMILES string of the molecule is CCCCOCCCNCc1cc(Br)c(OCC(=O)Nc2ccc(C)cc2)c(OC)c1. The highest BCUT2D eigenvalue weighted by molar-refractivity contribution is 9.10. The van der Waals surface area contributed by atoms with Crippen molar-refractivity contribution in [3.05, 3.63) is 52.0 Å². The second-order valence-electron chi connectivity index (χ2n) is 7.31. The van der Waals surface area contributed by atoms with Gasteiger partial charge in [0.1, 0.15) is 0 Å². The Hall–Kier alpha value is -2.09. The Labute approximate surface area is 193 Å². The molecule has 31 heavy (non-hydrogen) atoms. The van der Waals surface area contributed by atoms with Gasteiger partial charge in [-0.1, -0.05) is 31.0 Å². The van der Waals surface area contributed by atoms with E-state index in [2.05, 4.69) is 33.5 Å². The lowest BCUT2D eigenvalue weighted by Gasteiger charge is -2.15. The summed E-state index contributed by atoms with van der Waals surface area (Å²) in [5.41, 5.74) is 2.94. The zero-order valence-electron chi connectivity index (χ0n) is 18.6. The molecular formula is C24H33BrN2O4. The molecule has 2 aromatic rings. The number of benzene rings is 2. The predicted molar refractivity (Wildman–Crippen MR) is 128 cm³/mol. The third kappa shape index (κ3) is 9.29. The average molecular weight is 493 g/mol. The van der Waals surface area contributed by atoms with Crippen LogP contribution in [0.5, 0.6) is 11.5 Å². The van der Waals surface area contributed by atoms with Crippen LogP contribution < -0.4 is 20.1 Å². The highest BCUT2D eigenvalue weighted by Crippen LogP contribution is 2.36. The zero-order valence-corrected chi connectivity index (χ0v) is 20.2. The normalized spacial score (nSPS) is 10.7. The van der Waals surface area contributed by atoms with Gasteiger partial charge in [0.05, 0.1) is 11.6 Å². The fourth-order valence-electron chi connectivity index (χ4n) is 2.87. The van der Waals surface area contributed by atoms with Gasteiger partial charge in [-0.05, 0) is 72.1 Å². The van der Waals surface area contributed by atoms with Gasteiger partial charge in [-0.2, -0.15) is 0 Å². The van der Waals surface area contributed by atoms with E-state index in [1.807, 2.05) is 43.3 Å². The number of hydrogen-bond acceptors (Lipinski definition) is 5. The van der Waals surface area contributed by atoms with Gasteiger partial charge in [0.15, 0.2) is 18.1 Å². The van der Waals surface area contributed by atoms with E-state index >= 15 is 0 Å². The van der Waals surface area contributed by atoms with Gasteiger partial charge < -0.3 is 24.8 Å². The fourth-order valence-corrected chi connectivity index (χ4v) is 3.47. The lowest BCUT2D eigenvalue weighted by Crippen LogP contribution is -2.20. The topological polar surface area (TPSA) is 68.8 Å². The highest BCUT2D eigenvalue weighted by atomic mass is 79.9. The van der Waals surface area contributed by atoms with Crippen molar-refractivity contribution in [1.82, 2.24) is 5.32 Å². The molecule has 2 aromatic carbocycles. The molecule has 0 aliphatic rings. The molecule has 7 heteroatoms. The van der Waals surface area contributed by atoms with Gasteiger partial charge in [0.2, 0.25) is 0 Å². The largest absolute Gasteiger partial charge is 0.493 e. The summed E-state index contributed by atoms with van der Waals surface area (Å²) >= 11 is 3.54. The van der Waals surface area contributed by atoms with Crippen molar-refractivity contribution in [2.75, 3.05) is 38.8 Å². The maximum atomic E-state index is 12.2. The molecule has 0 saturated heterocycles. The molecule has 0 aromatic heterocycles. The molecule has 0 saturated carbocycles. The number of unbranched alkanes of at least 4 members (excludes halogenated alkanes) is 1. The summed E-state index contributed by atoms with van der Waals surface area (Å²) < 4.78 is 17.5. The number of carbonyl (C=O) groups excluding carboxylic acids is 1. The predicted octanol–water partition coefficient (Wildman–Crippen LogP) is 5.08. The Morgan fingerprint density at radius 3 is 2.55 bits per heavy atom. The number of nitrogens with one attached hydrogen (secondary N) is 2. The van der Waals surface area contributed by atoms with Crippen molar-refractivity contribution < 1.29 is 19.0 Å². The van der Waals surface area contributed by atoms with Crippen LogP contribution in [0.25, 0.3) is 0 Å². The summed E-state index contributed by atoms with van der Waals surface area (Å²) in [4.78, 5) is 12.2. The Bertz CT molecular complexity index is 812. The van der Waals surface area contributed by atoms with Gasteiger partial charge in [0, 0.05) is 25.4 Å². The number of anilines is 1. The summed E-state index contributed by atoms with van der Waals surface area (Å²) in [7, 11) is 1.59. The van der Waals surface area contributed by atoms with E-state index in [-0.39, 0.29) is 12.5 Å². The first-order valence-corrected chi connectivity index (χ1v) is 11.5. The van der Waals surface area contributed by atoms with Crippen LogP contribution in [0.15, 0.2) is 40.9 Å². The minimum absolute atomic E-state index is 0.113. The number of carbonyl (C=O) groups is 1. The molecule has 0 aliphatic carbocycles. The molecule has 2 N–H and O–H groups in total. The number of hydrogen-bond donors (Lipinski definition) is 2. The zero-order chi connectivity index (χ0) is 22.5. The summed E-state index contributed by atoms with van der Waals surface area (Å²) in [6, 6.07) is 11.5. The number of halogens is 1. The van der Waals surface area contributed by atoms with Crippen molar-refractivity contribution in [1.29, 1.82) is 0 Å². The molecule has 0 atom stereocenters. The summed E-state index contributed by atoms with van der Waals surface area (Å²) in [6.07, 6.45) is 3.24. The first-order valence-electron chi connectivity index (χ1n) is 10.7. The molecule has 1 amide bonds. The molecule has 0 spiro atoms. The van der Waals surface area contributed by atoms with Crippen molar-refractivity contribution in [2.24, 2.45) is 0 Å². The minimum atomic E-state index is -0.232. The first kappa shape index (κ1) is 25.2. The molecule has 0 fully saturated rings. The van der Waals surface area contributed by atoms with Crippen LogP contribution in [0.1, 0.15) is 37.3 Å². The number of methoxy groups -OCH3 is 1. The van der Waals surface area contributed by atoms with E-state index in [1.54, 1.807) is 7.11 Å². The molecule has 0 aliphatic heterocycles. The smallest absolute Gasteiger partial charge is 0.262 e. The molecule has 0 bridgehead atoms. The molecule has 0 unspecified atom stereocenters. The van der Waals surface area contributed by atoms with E-state index in [0.29, 0.717) is 18.0 Å². The maximum Gasteiger partial charge on any atom is 0.262 e. The second-order valence-corrected chi connectivity index (χ2v) is 8.16. The van der Waals surface area contributed by atoms with Crippen LogP contribution in [-0.2, 0) is 16.1 Å². The molecule has 170 valence electrons. The van der Waals surface area contributed by atoms with Crippen LogP contribution >= 0.6 is 15.9 Å². The highest BCUT2D eigenvalue weighted by Gasteiger charge is 2.14. The van der Waals surface area contributed by atoms with E-state index in [4.69, 9.17) is 14.2 Å². The lowest BCUT2D eigenvalue weighted by atomic mass is 10.2. The molecule has 2 rings (SSSR count). The molecule has 0 heterocycles. The van der Waals surface area contributed by atoms with Gasteiger partial charge in [-0.3, -0.25) is 4.79 Å². The molecule has 6 nitrogen and oxygen atoms in total. The van der Waals surface area contributed by atoms with Crippen LogP contribution in [0, 0.1) is 6.92 Å². The molecular weight excluding hydrogens is 460 g/mol. The van der Waals surface area contributed by atoms with Gasteiger partial charge >= 0.3 is 0 Å². The summed E-state index contributed by atoms with van der Waals surface area (Å²) in [6.45, 7) is 7.25. The quantitative estimate of drug-likeness (QED) is 0.360. The Balaban J connectivity index is 1.81. The Morgan fingerprint density at radius 1 is 1.10 bits per heavy atom. The third-order valence-corrected chi connectivity index (χ3v) is 5.17. The minimum Gasteiger partial charge on any atom is -0.493 e. The fraction of sp³-hybridized carbons (Fsp3) is 0.458. The monoisotopic (exact) mass is 492 g/mol. The summed E-state index contributed by atoms with van der Waals surface area (Å²) in [5, 5.41) is 6.23. The van der Waals surface area contributed by atoms with Crippen LogP contribution in [0.2, 0.25) is 0 Å². The number of aryl methyl sites for hydroxylation is 1. The van der Waals surface area contributed by atoms with E-state index in [9.17, 15) is 4.79 Å². The van der Waals surface area contributed by atoms with Crippen LogP contribution in [0.4, 0.5) is 5.69 Å². The third-order valence-electron chi connectivity index (χ3n) is 4.59.